The maximum atomic E-state index is 12.1. The molecule has 2 rings (SSSR count). The Morgan fingerprint density at radius 2 is 2.47 bits per heavy atom. The van der Waals surface area contributed by atoms with E-state index in [1.807, 2.05) is 0 Å². The first-order valence-corrected chi connectivity index (χ1v) is 6.88. The number of hydrogen-bond donors (Lipinski definition) is 2. The molecule has 1 aromatic heterocycles. The number of aromatic nitrogens is 1. The van der Waals surface area contributed by atoms with Gasteiger partial charge < -0.3 is 15.4 Å². The molecule has 1 unspecified atom stereocenters. The fourth-order valence-corrected chi connectivity index (χ4v) is 2.04. The first-order chi connectivity index (χ1) is 9.29. The minimum atomic E-state index is -0.0579. The normalized spacial score (nSPS) is 18.9. The number of rotatable bonds is 5. The molecule has 0 spiro atoms. The van der Waals surface area contributed by atoms with E-state index in [0.717, 1.165) is 38.2 Å². The van der Waals surface area contributed by atoms with E-state index in [0.29, 0.717) is 12.2 Å². The molecule has 0 saturated carbocycles. The largest absolute Gasteiger partial charge is 0.379 e. The maximum absolute atomic E-state index is 12.1. The van der Waals surface area contributed by atoms with Crippen molar-refractivity contribution in [3.8, 4) is 0 Å². The van der Waals surface area contributed by atoms with Crippen molar-refractivity contribution in [2.24, 2.45) is 0 Å². The highest BCUT2D eigenvalue weighted by Gasteiger charge is 2.17. The van der Waals surface area contributed by atoms with Crippen molar-refractivity contribution in [3.63, 3.8) is 0 Å². The Kier molecular flexibility index (Phi) is 5.15. The fraction of sp³-hybridized carbons (Fsp3) is 0.571. The Balaban J connectivity index is 1.93. The summed E-state index contributed by atoms with van der Waals surface area (Å²) in [5.41, 5.74) is 0.638. The van der Waals surface area contributed by atoms with Gasteiger partial charge in [0, 0.05) is 24.9 Å². The lowest BCUT2D eigenvalue weighted by molar-refractivity contribution is 0.0624. The molecule has 104 valence electrons. The van der Waals surface area contributed by atoms with Crippen molar-refractivity contribution in [2.75, 3.05) is 25.1 Å². The molecule has 2 N–H and O–H groups in total. The van der Waals surface area contributed by atoms with Crippen LogP contribution in [0.25, 0.3) is 0 Å². The summed E-state index contributed by atoms with van der Waals surface area (Å²) in [7, 11) is 0. The van der Waals surface area contributed by atoms with Gasteiger partial charge in [-0.3, -0.25) is 4.79 Å². The van der Waals surface area contributed by atoms with Crippen LogP contribution in [0.2, 0.25) is 0 Å². The summed E-state index contributed by atoms with van der Waals surface area (Å²) >= 11 is 0. The molecule has 5 heteroatoms. The molecule has 1 atom stereocenters. The zero-order valence-corrected chi connectivity index (χ0v) is 11.3. The van der Waals surface area contributed by atoms with E-state index in [-0.39, 0.29) is 11.9 Å². The Hall–Kier alpha value is -1.62. The van der Waals surface area contributed by atoms with Crippen LogP contribution in [0.1, 0.15) is 36.5 Å². The third-order valence-electron chi connectivity index (χ3n) is 3.07. The number of nitrogens with one attached hydrogen (secondary N) is 2. The molecular weight excluding hydrogens is 242 g/mol. The molecule has 1 aliphatic heterocycles. The highest BCUT2D eigenvalue weighted by atomic mass is 16.5. The van der Waals surface area contributed by atoms with Crippen LogP contribution < -0.4 is 10.6 Å². The van der Waals surface area contributed by atoms with Crippen molar-refractivity contribution in [1.82, 2.24) is 10.3 Å². The predicted octanol–water partition coefficient (Wildman–Crippen LogP) is 1.81. The second kappa shape index (κ2) is 7.09. The molecule has 0 aliphatic carbocycles. The molecule has 1 aromatic rings. The van der Waals surface area contributed by atoms with Crippen LogP contribution in [0, 0.1) is 0 Å². The predicted molar refractivity (Wildman–Crippen MR) is 74.3 cm³/mol. The molecule has 0 radical (unpaired) electrons. The molecule has 0 bridgehead atoms. The average Bonchev–Trinajstić information content (AvgIpc) is 2.46. The molecule has 1 amide bonds. The minimum absolute atomic E-state index is 0.0579. The summed E-state index contributed by atoms with van der Waals surface area (Å²) in [5.74, 6) is 0.687. The van der Waals surface area contributed by atoms with E-state index < -0.39 is 0 Å². The molecule has 5 nitrogen and oxygen atoms in total. The van der Waals surface area contributed by atoms with Gasteiger partial charge in [0.2, 0.25) is 0 Å². The summed E-state index contributed by atoms with van der Waals surface area (Å²) in [6.07, 6.45) is 4.67. The van der Waals surface area contributed by atoms with Gasteiger partial charge >= 0.3 is 0 Å². The summed E-state index contributed by atoms with van der Waals surface area (Å²) in [6, 6.07) is 3.65. The van der Waals surface area contributed by atoms with Crippen LogP contribution in [0.5, 0.6) is 0 Å². The van der Waals surface area contributed by atoms with Crippen molar-refractivity contribution in [2.45, 2.75) is 32.2 Å². The van der Waals surface area contributed by atoms with Gasteiger partial charge in [0.25, 0.3) is 5.91 Å². The van der Waals surface area contributed by atoms with Crippen molar-refractivity contribution in [3.05, 3.63) is 23.9 Å². The summed E-state index contributed by atoms with van der Waals surface area (Å²) in [4.78, 5) is 16.3. The zero-order chi connectivity index (χ0) is 13.5. The van der Waals surface area contributed by atoms with Crippen LogP contribution in [0.15, 0.2) is 18.3 Å². The van der Waals surface area contributed by atoms with Crippen LogP contribution in [0.3, 0.4) is 0 Å². The van der Waals surface area contributed by atoms with E-state index >= 15 is 0 Å². The van der Waals surface area contributed by atoms with Crippen LogP contribution in [-0.4, -0.2) is 36.7 Å². The van der Waals surface area contributed by atoms with Gasteiger partial charge in [-0.1, -0.05) is 6.92 Å². The van der Waals surface area contributed by atoms with Crippen molar-refractivity contribution < 1.29 is 9.53 Å². The molecule has 1 aliphatic rings. The first-order valence-electron chi connectivity index (χ1n) is 6.88. The average molecular weight is 263 g/mol. The fourth-order valence-electron chi connectivity index (χ4n) is 2.04. The van der Waals surface area contributed by atoms with Gasteiger partial charge in [0.1, 0.15) is 5.82 Å². The van der Waals surface area contributed by atoms with E-state index in [2.05, 4.69) is 22.5 Å². The third kappa shape index (κ3) is 4.21. The van der Waals surface area contributed by atoms with E-state index in [1.165, 1.54) is 0 Å². The lowest BCUT2D eigenvalue weighted by Gasteiger charge is -2.23. The lowest BCUT2D eigenvalue weighted by atomic mass is 10.1. The van der Waals surface area contributed by atoms with E-state index in [4.69, 9.17) is 4.74 Å². The number of nitrogens with zero attached hydrogens (tertiary/aromatic N) is 1. The number of amides is 1. The Labute approximate surface area is 113 Å². The Morgan fingerprint density at radius 1 is 1.58 bits per heavy atom. The highest BCUT2D eigenvalue weighted by molar-refractivity contribution is 5.95. The van der Waals surface area contributed by atoms with Gasteiger partial charge in [-0.25, -0.2) is 4.98 Å². The summed E-state index contributed by atoms with van der Waals surface area (Å²) in [6.45, 7) is 4.35. The van der Waals surface area contributed by atoms with Gasteiger partial charge in [0.15, 0.2) is 0 Å². The maximum Gasteiger partial charge on any atom is 0.251 e. The standard InChI is InChI=1S/C14H21N3O2/c1-2-6-15-13-9-11(5-7-16-13)14(18)17-12-4-3-8-19-10-12/h5,7,9,12H,2-4,6,8,10H2,1H3,(H,15,16)(H,17,18). The third-order valence-corrected chi connectivity index (χ3v) is 3.07. The monoisotopic (exact) mass is 263 g/mol. The van der Waals surface area contributed by atoms with Gasteiger partial charge in [-0.2, -0.15) is 0 Å². The SMILES string of the molecule is CCCNc1cc(C(=O)NC2CCCOC2)ccn1. The molecular formula is C14H21N3O2. The molecule has 0 aromatic carbocycles. The quantitative estimate of drug-likeness (QED) is 0.850. The Bertz CT molecular complexity index is 417. The molecule has 2 heterocycles. The van der Waals surface area contributed by atoms with Crippen molar-refractivity contribution >= 4 is 11.7 Å². The number of carbonyl (C=O) groups excluding carboxylic acids is 1. The molecule has 1 saturated heterocycles. The minimum Gasteiger partial charge on any atom is -0.379 e. The van der Waals surface area contributed by atoms with Crippen LogP contribution >= 0.6 is 0 Å². The summed E-state index contributed by atoms with van der Waals surface area (Å²) < 4.78 is 5.36. The highest BCUT2D eigenvalue weighted by Crippen LogP contribution is 2.10. The van der Waals surface area contributed by atoms with Gasteiger partial charge in [-0.05, 0) is 31.4 Å². The number of anilines is 1. The lowest BCUT2D eigenvalue weighted by Crippen LogP contribution is -2.40. The zero-order valence-electron chi connectivity index (χ0n) is 11.3. The number of ether oxygens (including phenoxy) is 1. The molecule has 19 heavy (non-hydrogen) atoms. The second-order valence-corrected chi connectivity index (χ2v) is 4.74. The second-order valence-electron chi connectivity index (χ2n) is 4.74. The van der Waals surface area contributed by atoms with Crippen LogP contribution in [-0.2, 0) is 4.74 Å². The topological polar surface area (TPSA) is 63.2 Å². The smallest absolute Gasteiger partial charge is 0.251 e. The van der Waals surface area contributed by atoms with Crippen molar-refractivity contribution in [1.29, 1.82) is 0 Å². The number of hydrogen-bond acceptors (Lipinski definition) is 4. The number of pyridine rings is 1. The van der Waals surface area contributed by atoms with Crippen LogP contribution in [0.4, 0.5) is 5.82 Å². The Morgan fingerprint density at radius 3 is 3.21 bits per heavy atom. The van der Waals surface area contributed by atoms with Gasteiger partial charge in [0.05, 0.1) is 12.6 Å². The molecule has 1 fully saturated rings. The van der Waals surface area contributed by atoms with Gasteiger partial charge in [-0.15, -0.1) is 0 Å². The first kappa shape index (κ1) is 13.8. The number of carbonyl (C=O) groups is 1. The summed E-state index contributed by atoms with van der Waals surface area (Å²) in [5, 5.41) is 6.18. The van der Waals surface area contributed by atoms with E-state index in [9.17, 15) is 4.79 Å². The van der Waals surface area contributed by atoms with E-state index in [1.54, 1.807) is 18.3 Å².